The van der Waals surface area contributed by atoms with Crippen LogP contribution in [0, 0.1) is 0 Å². The van der Waals surface area contributed by atoms with Crippen LogP contribution in [0.25, 0.3) is 0 Å². The lowest BCUT2D eigenvalue weighted by Crippen LogP contribution is -2.35. The monoisotopic (exact) mass is 325 g/mol. The van der Waals surface area contributed by atoms with Crippen molar-refractivity contribution in [3.8, 4) is 0 Å². The quantitative estimate of drug-likeness (QED) is 0.863. The number of amides is 2. The lowest BCUT2D eigenvalue weighted by Gasteiger charge is -2.24. The van der Waals surface area contributed by atoms with Crippen molar-refractivity contribution in [1.29, 1.82) is 0 Å². The smallest absolute Gasteiger partial charge is 0.410 e. The Hall–Kier alpha value is -2.12. The molecule has 0 atom stereocenters. The van der Waals surface area contributed by atoms with E-state index in [4.69, 9.17) is 4.74 Å². The molecule has 1 rings (SSSR count). The van der Waals surface area contributed by atoms with Crippen molar-refractivity contribution >= 4 is 17.9 Å². The van der Waals surface area contributed by atoms with E-state index in [0.717, 1.165) is 0 Å². The van der Waals surface area contributed by atoms with Gasteiger partial charge in [-0.15, -0.1) is 0 Å². The second-order valence-corrected chi connectivity index (χ2v) is 6.38. The second kappa shape index (κ2) is 7.94. The summed E-state index contributed by atoms with van der Waals surface area (Å²) in [5.74, 6) is 0.973. The van der Waals surface area contributed by atoms with E-state index in [1.807, 2.05) is 27.7 Å². The normalized spacial score (nSPS) is 11.2. The highest BCUT2D eigenvalue weighted by Gasteiger charge is 2.19. The number of carbonyl (C=O) groups excluding carboxylic acids is 2. The lowest BCUT2D eigenvalue weighted by atomic mass is 10.2. The number of nitrogens with zero attached hydrogens (tertiary/aromatic N) is 4. The Balaban J connectivity index is 2.36. The second-order valence-electron chi connectivity index (χ2n) is 6.38. The van der Waals surface area contributed by atoms with Crippen LogP contribution in [-0.4, -0.2) is 50.9 Å². The maximum Gasteiger partial charge on any atom is 0.410 e. The SMILES string of the molecule is CCc1nc(NC(=O)CCCN(C)C(=O)OC(C)(C)C)n(C)n1. The third-order valence-electron chi connectivity index (χ3n) is 2.98. The number of aryl methyl sites for hydroxylation is 2. The molecule has 0 unspecified atom stereocenters. The molecule has 8 heteroatoms. The molecular weight excluding hydrogens is 298 g/mol. The van der Waals surface area contributed by atoms with Gasteiger partial charge in [0, 0.05) is 33.5 Å². The Bertz CT molecular complexity index is 548. The van der Waals surface area contributed by atoms with E-state index in [1.54, 1.807) is 18.8 Å². The number of hydrogen-bond donors (Lipinski definition) is 1. The fourth-order valence-corrected chi connectivity index (χ4v) is 1.79. The first-order chi connectivity index (χ1) is 10.6. The third kappa shape index (κ3) is 6.66. The maximum absolute atomic E-state index is 11.9. The van der Waals surface area contributed by atoms with Gasteiger partial charge in [-0.2, -0.15) is 10.1 Å². The molecule has 8 nitrogen and oxygen atoms in total. The summed E-state index contributed by atoms with van der Waals surface area (Å²) in [6.45, 7) is 7.85. The molecule has 0 saturated heterocycles. The number of nitrogens with one attached hydrogen (secondary N) is 1. The van der Waals surface area contributed by atoms with Crippen molar-refractivity contribution in [2.75, 3.05) is 18.9 Å². The summed E-state index contributed by atoms with van der Waals surface area (Å²) >= 11 is 0. The van der Waals surface area contributed by atoms with E-state index in [1.165, 1.54) is 4.90 Å². The molecule has 1 N–H and O–H groups in total. The summed E-state index contributed by atoms with van der Waals surface area (Å²) in [6.07, 6.45) is 1.16. The van der Waals surface area contributed by atoms with E-state index in [0.29, 0.717) is 37.6 Å². The Kier molecular flexibility index (Phi) is 6.53. The van der Waals surface area contributed by atoms with Gasteiger partial charge in [0.2, 0.25) is 11.9 Å². The van der Waals surface area contributed by atoms with Gasteiger partial charge in [0.1, 0.15) is 5.60 Å². The molecule has 2 amide bonds. The zero-order valence-corrected chi connectivity index (χ0v) is 14.8. The zero-order valence-electron chi connectivity index (χ0n) is 14.8. The molecule has 0 aliphatic heterocycles. The standard InChI is InChI=1S/C15H27N5O3/c1-7-11-16-13(20(6)18-11)17-12(21)9-8-10-19(5)14(22)23-15(2,3)4/h7-10H2,1-6H3,(H,16,17,18,21). The topological polar surface area (TPSA) is 89.4 Å². The van der Waals surface area contributed by atoms with Gasteiger partial charge in [0.05, 0.1) is 0 Å². The van der Waals surface area contributed by atoms with Crippen molar-refractivity contribution in [3.63, 3.8) is 0 Å². The molecule has 0 radical (unpaired) electrons. The molecule has 0 fully saturated rings. The molecule has 0 spiro atoms. The van der Waals surface area contributed by atoms with Gasteiger partial charge >= 0.3 is 6.09 Å². The zero-order chi connectivity index (χ0) is 17.6. The minimum absolute atomic E-state index is 0.152. The summed E-state index contributed by atoms with van der Waals surface area (Å²) in [5, 5.41) is 6.89. The number of aromatic nitrogens is 3. The first kappa shape index (κ1) is 18.9. The van der Waals surface area contributed by atoms with Gasteiger partial charge in [0.15, 0.2) is 5.82 Å². The van der Waals surface area contributed by atoms with Crippen LogP contribution in [0.15, 0.2) is 0 Å². The van der Waals surface area contributed by atoms with E-state index in [-0.39, 0.29) is 5.91 Å². The van der Waals surface area contributed by atoms with Crippen molar-refractivity contribution in [3.05, 3.63) is 5.82 Å². The summed E-state index contributed by atoms with van der Waals surface area (Å²) < 4.78 is 6.79. The molecule has 23 heavy (non-hydrogen) atoms. The summed E-state index contributed by atoms with van der Waals surface area (Å²) in [7, 11) is 3.39. The van der Waals surface area contributed by atoms with Gasteiger partial charge in [0.25, 0.3) is 0 Å². The van der Waals surface area contributed by atoms with Crippen molar-refractivity contribution in [1.82, 2.24) is 19.7 Å². The summed E-state index contributed by atoms with van der Waals surface area (Å²) in [6, 6.07) is 0. The first-order valence-electron chi connectivity index (χ1n) is 7.76. The van der Waals surface area contributed by atoms with Crippen LogP contribution < -0.4 is 5.32 Å². The van der Waals surface area contributed by atoms with E-state index in [9.17, 15) is 9.59 Å². The number of rotatable bonds is 6. The average molecular weight is 325 g/mol. The highest BCUT2D eigenvalue weighted by molar-refractivity contribution is 5.88. The molecule has 0 bridgehead atoms. The highest BCUT2D eigenvalue weighted by atomic mass is 16.6. The molecule has 0 saturated carbocycles. The van der Waals surface area contributed by atoms with Crippen LogP contribution >= 0.6 is 0 Å². The predicted octanol–water partition coefficient (Wildman–Crippen LogP) is 1.96. The Morgan fingerprint density at radius 3 is 2.52 bits per heavy atom. The maximum atomic E-state index is 11.9. The minimum atomic E-state index is -0.523. The summed E-state index contributed by atoms with van der Waals surface area (Å²) in [5.41, 5.74) is -0.523. The van der Waals surface area contributed by atoms with Crippen LogP contribution in [-0.2, 0) is 23.0 Å². The van der Waals surface area contributed by atoms with Crippen LogP contribution in [0.3, 0.4) is 0 Å². The number of ether oxygens (including phenoxy) is 1. The Labute approximate surface area is 137 Å². The van der Waals surface area contributed by atoms with Crippen molar-refractivity contribution in [2.45, 2.75) is 52.6 Å². The fourth-order valence-electron chi connectivity index (χ4n) is 1.79. The molecule has 1 aromatic rings. The van der Waals surface area contributed by atoms with Gasteiger partial charge in [-0.3, -0.25) is 10.1 Å². The van der Waals surface area contributed by atoms with E-state index < -0.39 is 11.7 Å². The highest BCUT2D eigenvalue weighted by Crippen LogP contribution is 2.10. The summed E-state index contributed by atoms with van der Waals surface area (Å²) in [4.78, 5) is 29.4. The minimum Gasteiger partial charge on any atom is -0.444 e. The molecule has 0 aliphatic carbocycles. The molecular formula is C15H27N5O3. The number of carbonyl (C=O) groups is 2. The predicted molar refractivity (Wildman–Crippen MR) is 87.1 cm³/mol. The Morgan fingerprint density at radius 1 is 1.35 bits per heavy atom. The average Bonchev–Trinajstić information content (AvgIpc) is 2.77. The van der Waals surface area contributed by atoms with E-state index >= 15 is 0 Å². The molecule has 130 valence electrons. The van der Waals surface area contributed by atoms with Gasteiger partial charge < -0.3 is 9.64 Å². The number of anilines is 1. The van der Waals surface area contributed by atoms with Gasteiger partial charge in [-0.25, -0.2) is 9.48 Å². The number of hydrogen-bond acceptors (Lipinski definition) is 5. The van der Waals surface area contributed by atoms with Crippen molar-refractivity contribution in [2.24, 2.45) is 7.05 Å². The van der Waals surface area contributed by atoms with Crippen LogP contribution in [0.2, 0.25) is 0 Å². The fraction of sp³-hybridized carbons (Fsp3) is 0.733. The molecule has 0 aromatic carbocycles. The van der Waals surface area contributed by atoms with Crippen LogP contribution in [0.5, 0.6) is 0 Å². The van der Waals surface area contributed by atoms with Gasteiger partial charge in [-0.1, -0.05) is 6.92 Å². The van der Waals surface area contributed by atoms with Crippen LogP contribution in [0.4, 0.5) is 10.7 Å². The van der Waals surface area contributed by atoms with Gasteiger partial charge in [-0.05, 0) is 27.2 Å². The molecule has 1 aromatic heterocycles. The van der Waals surface area contributed by atoms with Crippen LogP contribution in [0.1, 0.15) is 46.4 Å². The van der Waals surface area contributed by atoms with E-state index in [2.05, 4.69) is 15.4 Å². The van der Waals surface area contributed by atoms with Crippen molar-refractivity contribution < 1.29 is 14.3 Å². The Morgan fingerprint density at radius 2 is 2.00 bits per heavy atom. The molecule has 1 heterocycles. The first-order valence-corrected chi connectivity index (χ1v) is 7.76. The molecule has 0 aliphatic rings. The lowest BCUT2D eigenvalue weighted by molar-refractivity contribution is -0.116. The largest absolute Gasteiger partial charge is 0.444 e. The third-order valence-corrected chi connectivity index (χ3v) is 2.98.